The van der Waals surface area contributed by atoms with Crippen LogP contribution in [0, 0.1) is 0 Å². The summed E-state index contributed by atoms with van der Waals surface area (Å²) in [5, 5.41) is 3.51. The molecule has 1 heterocycles. The molecule has 1 aliphatic rings. The molecule has 0 aromatic heterocycles. The van der Waals surface area contributed by atoms with Crippen LogP contribution in [0.1, 0.15) is 29.2 Å². The molecule has 6 heteroatoms. The first-order valence-electron chi connectivity index (χ1n) is 11.7. The highest BCUT2D eigenvalue weighted by molar-refractivity contribution is 5.55. The number of nitrogens with one attached hydrogen (secondary N) is 1. The van der Waals surface area contributed by atoms with Gasteiger partial charge in [-0.3, -0.25) is 4.90 Å². The smallest absolute Gasteiger partial charge is 0.203 e. The van der Waals surface area contributed by atoms with Gasteiger partial charge in [-0.15, -0.1) is 0 Å². The summed E-state index contributed by atoms with van der Waals surface area (Å²) in [6.45, 7) is 4.38. The van der Waals surface area contributed by atoms with Crippen LogP contribution in [0.3, 0.4) is 0 Å². The van der Waals surface area contributed by atoms with E-state index in [1.807, 2.05) is 42.5 Å². The predicted octanol–water partition coefficient (Wildman–Crippen LogP) is 4.68. The fourth-order valence-electron chi connectivity index (χ4n) is 4.46. The van der Waals surface area contributed by atoms with Crippen molar-refractivity contribution in [3.63, 3.8) is 0 Å². The molecule has 1 fully saturated rings. The molecule has 3 aromatic rings. The minimum atomic E-state index is 0.0526. The van der Waals surface area contributed by atoms with Crippen LogP contribution in [-0.2, 0) is 6.61 Å². The summed E-state index contributed by atoms with van der Waals surface area (Å²) in [5.74, 6) is 2.79. The van der Waals surface area contributed by atoms with E-state index < -0.39 is 0 Å². The molecule has 1 saturated heterocycles. The first-order valence-corrected chi connectivity index (χ1v) is 11.7. The summed E-state index contributed by atoms with van der Waals surface area (Å²) in [4.78, 5) is 2.51. The summed E-state index contributed by atoms with van der Waals surface area (Å²) in [5.41, 5.74) is 3.39. The standard InChI is InChI=1S/C28H34N2O4/c1-31-24-12-10-22(11-13-24)27(30-16-7-14-29-15-17-30)23-18-25(32-2)28(26(19-23)33-3)34-20-21-8-5-4-6-9-21/h4-6,8-13,18-19,27,29H,7,14-17,20H2,1-3H3. The van der Waals surface area contributed by atoms with Crippen LogP contribution in [0.15, 0.2) is 66.7 Å². The van der Waals surface area contributed by atoms with Gasteiger partial charge in [0.15, 0.2) is 11.5 Å². The van der Waals surface area contributed by atoms with Gasteiger partial charge in [-0.25, -0.2) is 0 Å². The van der Waals surface area contributed by atoms with Crippen LogP contribution in [0.4, 0.5) is 0 Å². The Bertz CT molecular complexity index is 1010. The molecule has 180 valence electrons. The maximum atomic E-state index is 6.18. The Kier molecular flexibility index (Phi) is 8.28. The second kappa shape index (κ2) is 11.8. The van der Waals surface area contributed by atoms with Crippen molar-refractivity contribution in [1.82, 2.24) is 10.2 Å². The van der Waals surface area contributed by atoms with E-state index in [4.69, 9.17) is 18.9 Å². The SMILES string of the molecule is COc1ccc(C(c2cc(OC)c(OCc3ccccc3)c(OC)c2)N2CCCNCC2)cc1. The summed E-state index contributed by atoms with van der Waals surface area (Å²) in [7, 11) is 5.04. The van der Waals surface area contributed by atoms with Gasteiger partial charge in [0.2, 0.25) is 5.75 Å². The van der Waals surface area contributed by atoms with Crippen molar-refractivity contribution >= 4 is 0 Å². The van der Waals surface area contributed by atoms with Crippen LogP contribution < -0.4 is 24.3 Å². The lowest BCUT2D eigenvalue weighted by atomic mass is 9.95. The van der Waals surface area contributed by atoms with E-state index in [1.165, 1.54) is 5.56 Å². The van der Waals surface area contributed by atoms with Crippen LogP contribution in [-0.4, -0.2) is 52.4 Å². The zero-order valence-corrected chi connectivity index (χ0v) is 20.3. The fourth-order valence-corrected chi connectivity index (χ4v) is 4.46. The minimum Gasteiger partial charge on any atom is -0.497 e. The van der Waals surface area contributed by atoms with E-state index in [0.29, 0.717) is 23.9 Å². The lowest BCUT2D eigenvalue weighted by molar-refractivity contribution is 0.237. The van der Waals surface area contributed by atoms with Crippen molar-refractivity contribution in [2.24, 2.45) is 0 Å². The van der Waals surface area contributed by atoms with E-state index in [0.717, 1.165) is 49.5 Å². The molecular formula is C28H34N2O4. The van der Waals surface area contributed by atoms with Crippen LogP contribution in [0.25, 0.3) is 0 Å². The van der Waals surface area contributed by atoms with E-state index >= 15 is 0 Å². The molecule has 1 aliphatic heterocycles. The largest absolute Gasteiger partial charge is 0.497 e. The van der Waals surface area contributed by atoms with Crippen molar-refractivity contribution in [2.75, 3.05) is 47.5 Å². The molecule has 0 aliphatic carbocycles. The first-order chi connectivity index (χ1) is 16.7. The summed E-state index contributed by atoms with van der Waals surface area (Å²) in [6, 6.07) is 22.6. The second-order valence-electron chi connectivity index (χ2n) is 8.34. The minimum absolute atomic E-state index is 0.0526. The topological polar surface area (TPSA) is 52.2 Å². The zero-order chi connectivity index (χ0) is 23.8. The average Bonchev–Trinajstić information content (AvgIpc) is 3.18. The molecule has 1 atom stereocenters. The normalized spacial score (nSPS) is 15.3. The second-order valence-corrected chi connectivity index (χ2v) is 8.34. The average molecular weight is 463 g/mol. The lowest BCUT2D eigenvalue weighted by Crippen LogP contribution is -2.33. The third-order valence-electron chi connectivity index (χ3n) is 6.20. The van der Waals surface area contributed by atoms with Gasteiger partial charge in [-0.05, 0) is 53.9 Å². The zero-order valence-electron chi connectivity index (χ0n) is 20.3. The molecule has 34 heavy (non-hydrogen) atoms. The van der Waals surface area contributed by atoms with Crippen LogP contribution in [0.5, 0.6) is 23.0 Å². The Morgan fingerprint density at radius 1 is 0.794 bits per heavy atom. The lowest BCUT2D eigenvalue weighted by Gasteiger charge is -2.32. The molecule has 6 nitrogen and oxygen atoms in total. The quantitative estimate of drug-likeness (QED) is 0.499. The van der Waals surface area contributed by atoms with Crippen molar-refractivity contribution in [3.05, 3.63) is 83.4 Å². The van der Waals surface area contributed by atoms with E-state index in [2.05, 4.69) is 34.5 Å². The highest BCUT2D eigenvalue weighted by atomic mass is 16.5. The van der Waals surface area contributed by atoms with E-state index in [9.17, 15) is 0 Å². The Morgan fingerprint density at radius 3 is 2.15 bits per heavy atom. The van der Waals surface area contributed by atoms with Gasteiger partial charge in [-0.2, -0.15) is 0 Å². The molecule has 3 aromatic carbocycles. The number of ether oxygens (including phenoxy) is 4. The predicted molar refractivity (Wildman–Crippen MR) is 134 cm³/mol. The van der Waals surface area contributed by atoms with Gasteiger partial charge < -0.3 is 24.3 Å². The Labute approximate surface area is 202 Å². The van der Waals surface area contributed by atoms with Crippen molar-refractivity contribution in [2.45, 2.75) is 19.1 Å². The van der Waals surface area contributed by atoms with Gasteiger partial charge in [0, 0.05) is 19.6 Å². The van der Waals surface area contributed by atoms with E-state index in [1.54, 1.807) is 21.3 Å². The van der Waals surface area contributed by atoms with Crippen LogP contribution in [0.2, 0.25) is 0 Å². The Morgan fingerprint density at radius 2 is 1.50 bits per heavy atom. The molecule has 0 amide bonds. The van der Waals surface area contributed by atoms with Gasteiger partial charge in [0.05, 0.1) is 27.4 Å². The summed E-state index contributed by atoms with van der Waals surface area (Å²) >= 11 is 0. The highest BCUT2D eigenvalue weighted by Crippen LogP contribution is 2.43. The fraction of sp³-hybridized carbons (Fsp3) is 0.357. The molecule has 0 radical (unpaired) electrons. The highest BCUT2D eigenvalue weighted by Gasteiger charge is 2.26. The summed E-state index contributed by atoms with van der Waals surface area (Å²) in [6.07, 6.45) is 1.10. The number of hydrogen-bond donors (Lipinski definition) is 1. The van der Waals surface area contributed by atoms with E-state index in [-0.39, 0.29) is 6.04 Å². The third kappa shape index (κ3) is 5.64. The number of hydrogen-bond acceptors (Lipinski definition) is 6. The Balaban J connectivity index is 1.72. The molecular weight excluding hydrogens is 428 g/mol. The maximum absolute atomic E-state index is 6.18. The van der Waals surface area contributed by atoms with Gasteiger partial charge in [-0.1, -0.05) is 42.5 Å². The number of rotatable bonds is 9. The molecule has 1 unspecified atom stereocenters. The maximum Gasteiger partial charge on any atom is 0.203 e. The van der Waals surface area contributed by atoms with Crippen LogP contribution >= 0.6 is 0 Å². The van der Waals surface area contributed by atoms with Gasteiger partial charge >= 0.3 is 0 Å². The number of benzene rings is 3. The molecule has 0 saturated carbocycles. The monoisotopic (exact) mass is 462 g/mol. The molecule has 4 rings (SSSR count). The molecule has 1 N–H and O–H groups in total. The first kappa shape index (κ1) is 23.9. The van der Waals surface area contributed by atoms with Gasteiger partial charge in [0.25, 0.3) is 0 Å². The van der Waals surface area contributed by atoms with Crippen molar-refractivity contribution < 1.29 is 18.9 Å². The molecule has 0 spiro atoms. The third-order valence-corrected chi connectivity index (χ3v) is 6.20. The number of nitrogens with zero attached hydrogens (tertiary/aromatic N) is 1. The molecule has 0 bridgehead atoms. The van der Waals surface area contributed by atoms with Gasteiger partial charge in [0.1, 0.15) is 12.4 Å². The van der Waals surface area contributed by atoms with Crippen molar-refractivity contribution in [3.8, 4) is 23.0 Å². The Hall–Kier alpha value is -3.22. The number of methoxy groups -OCH3 is 3. The summed E-state index contributed by atoms with van der Waals surface area (Å²) < 4.78 is 23.2. The van der Waals surface area contributed by atoms with Crippen molar-refractivity contribution in [1.29, 1.82) is 0 Å².